The third-order valence-electron chi connectivity index (χ3n) is 6.50. The molecule has 3 heterocycles. The summed E-state index contributed by atoms with van der Waals surface area (Å²) in [5.74, 6) is -0.0864. The van der Waals surface area contributed by atoms with Crippen LogP contribution in [-0.4, -0.2) is 52.9 Å². The molecule has 0 spiro atoms. The molecule has 3 aromatic rings. The average Bonchev–Trinajstić information content (AvgIpc) is 3.28. The number of fused-ring (bicyclic) bond motifs is 1. The summed E-state index contributed by atoms with van der Waals surface area (Å²) in [4.78, 5) is 19.4. The maximum atomic E-state index is 13.9. The predicted molar refractivity (Wildman–Crippen MR) is 126 cm³/mol. The quantitative estimate of drug-likeness (QED) is 0.547. The van der Waals surface area contributed by atoms with Crippen LogP contribution in [0.5, 0.6) is 0 Å². The zero-order valence-corrected chi connectivity index (χ0v) is 19.1. The van der Waals surface area contributed by atoms with Crippen molar-refractivity contribution in [2.45, 2.75) is 44.3 Å². The second kappa shape index (κ2) is 9.73. The summed E-state index contributed by atoms with van der Waals surface area (Å²) >= 11 is 0. The number of carbonyl (C=O) groups excluding carboxylic acids is 1. The summed E-state index contributed by atoms with van der Waals surface area (Å²) in [6.45, 7) is 1.93. The Labute approximate surface area is 200 Å². The second-order valence-corrected chi connectivity index (χ2v) is 8.90. The normalized spacial score (nSPS) is 17.5. The molecule has 8 nitrogen and oxygen atoms in total. The summed E-state index contributed by atoms with van der Waals surface area (Å²) in [5, 5.41) is 9.97. The number of carbonyl (C=O) groups is 1. The molecule has 2 aliphatic rings. The van der Waals surface area contributed by atoms with E-state index in [0.717, 1.165) is 31.7 Å². The Bertz CT molecular complexity index is 1200. The van der Waals surface area contributed by atoms with Crippen LogP contribution in [0.25, 0.3) is 5.65 Å². The molecule has 2 aromatic heterocycles. The van der Waals surface area contributed by atoms with Crippen LogP contribution >= 0.6 is 0 Å². The number of alkyl halides is 3. The lowest BCUT2D eigenvalue weighted by atomic mass is 9.95. The van der Waals surface area contributed by atoms with Gasteiger partial charge < -0.3 is 20.3 Å². The van der Waals surface area contributed by atoms with Crippen LogP contribution in [0, 0.1) is 0 Å². The molecule has 1 saturated heterocycles. The van der Waals surface area contributed by atoms with Gasteiger partial charge in [0.15, 0.2) is 5.65 Å². The highest BCUT2D eigenvalue weighted by Crippen LogP contribution is 2.38. The van der Waals surface area contributed by atoms with Crippen molar-refractivity contribution in [3.05, 3.63) is 47.8 Å². The molecule has 0 bridgehead atoms. The third-order valence-corrected chi connectivity index (χ3v) is 6.50. The molecule has 1 amide bonds. The Kier molecular flexibility index (Phi) is 6.50. The first-order chi connectivity index (χ1) is 16.9. The van der Waals surface area contributed by atoms with Crippen LogP contribution in [0.15, 0.2) is 36.7 Å². The number of hydrogen-bond acceptors (Lipinski definition) is 6. The fraction of sp³-hybridized carbons (Fsp3) is 0.458. The first kappa shape index (κ1) is 23.4. The monoisotopic (exact) mass is 488 g/mol. The zero-order chi connectivity index (χ0) is 24.4. The van der Waals surface area contributed by atoms with Crippen molar-refractivity contribution in [3.8, 4) is 0 Å². The van der Waals surface area contributed by atoms with Crippen molar-refractivity contribution >= 4 is 28.7 Å². The minimum absolute atomic E-state index is 0.0997. The van der Waals surface area contributed by atoms with Gasteiger partial charge in [-0.15, -0.1) is 0 Å². The minimum Gasteiger partial charge on any atom is -0.378 e. The molecule has 35 heavy (non-hydrogen) atoms. The molecule has 2 N–H and O–H groups in total. The van der Waals surface area contributed by atoms with E-state index in [0.29, 0.717) is 43.9 Å². The fourth-order valence-corrected chi connectivity index (χ4v) is 4.65. The number of hydrogen-bond donors (Lipinski definition) is 2. The zero-order valence-electron chi connectivity index (χ0n) is 19.1. The van der Waals surface area contributed by atoms with Crippen molar-refractivity contribution in [1.82, 2.24) is 14.6 Å². The highest BCUT2D eigenvalue weighted by molar-refractivity contribution is 6.08. The van der Waals surface area contributed by atoms with Crippen LogP contribution in [0.1, 0.15) is 48.0 Å². The van der Waals surface area contributed by atoms with Gasteiger partial charge in [-0.25, -0.2) is 9.50 Å². The summed E-state index contributed by atoms with van der Waals surface area (Å²) in [7, 11) is 0. The van der Waals surface area contributed by atoms with E-state index in [2.05, 4.69) is 20.7 Å². The Balaban J connectivity index is 1.39. The summed E-state index contributed by atoms with van der Waals surface area (Å²) in [6, 6.07) is 6.04. The molecule has 1 saturated carbocycles. The van der Waals surface area contributed by atoms with Crippen LogP contribution in [0.2, 0.25) is 0 Å². The van der Waals surface area contributed by atoms with E-state index in [1.54, 1.807) is 18.3 Å². The molecule has 1 aliphatic heterocycles. The van der Waals surface area contributed by atoms with Crippen LogP contribution in [-0.2, 0) is 10.9 Å². The molecule has 0 unspecified atom stereocenters. The summed E-state index contributed by atoms with van der Waals surface area (Å²) < 4.78 is 48.4. The van der Waals surface area contributed by atoms with E-state index in [-0.39, 0.29) is 16.9 Å². The second-order valence-electron chi connectivity index (χ2n) is 8.90. The molecular weight excluding hydrogens is 461 g/mol. The fourth-order valence-electron chi connectivity index (χ4n) is 4.65. The van der Waals surface area contributed by atoms with Gasteiger partial charge in [0.25, 0.3) is 5.91 Å². The number of benzene rings is 1. The molecule has 2 fully saturated rings. The smallest absolute Gasteiger partial charge is 0.378 e. The van der Waals surface area contributed by atoms with Crippen molar-refractivity contribution < 1.29 is 22.7 Å². The van der Waals surface area contributed by atoms with E-state index >= 15 is 0 Å². The molecular formula is C24H27F3N6O2. The molecule has 0 radical (unpaired) electrons. The molecule has 1 aliphatic carbocycles. The van der Waals surface area contributed by atoms with Gasteiger partial charge in [0.2, 0.25) is 0 Å². The third kappa shape index (κ3) is 5.19. The highest BCUT2D eigenvalue weighted by Gasteiger charge is 2.35. The molecule has 11 heteroatoms. The number of aromatic nitrogens is 3. The van der Waals surface area contributed by atoms with Gasteiger partial charge in [0.05, 0.1) is 30.7 Å². The number of ether oxygens (including phenoxy) is 1. The molecule has 0 atom stereocenters. The average molecular weight is 489 g/mol. The Morgan fingerprint density at radius 3 is 2.60 bits per heavy atom. The number of nitrogens with zero attached hydrogens (tertiary/aromatic N) is 4. The van der Waals surface area contributed by atoms with Crippen molar-refractivity contribution in [2.24, 2.45) is 0 Å². The van der Waals surface area contributed by atoms with Crippen LogP contribution in [0.4, 0.5) is 30.4 Å². The van der Waals surface area contributed by atoms with Gasteiger partial charge in [-0.2, -0.15) is 18.3 Å². The predicted octanol–water partition coefficient (Wildman–Crippen LogP) is 4.58. The maximum absolute atomic E-state index is 13.9. The van der Waals surface area contributed by atoms with Crippen molar-refractivity contribution in [3.63, 3.8) is 0 Å². The van der Waals surface area contributed by atoms with E-state index in [1.165, 1.54) is 23.2 Å². The number of rotatable bonds is 5. The van der Waals surface area contributed by atoms with Crippen molar-refractivity contribution in [2.75, 3.05) is 41.8 Å². The SMILES string of the molecule is O=C(Nc1ccc(N2CCOCC2)cc1C(F)(F)F)c1cnn2ccc(NC3CCCCC3)nc12. The first-order valence-electron chi connectivity index (χ1n) is 11.8. The largest absolute Gasteiger partial charge is 0.418 e. The number of anilines is 3. The maximum Gasteiger partial charge on any atom is 0.418 e. The van der Waals surface area contributed by atoms with Gasteiger partial charge >= 0.3 is 6.18 Å². The standard InChI is InChI=1S/C24H27F3N6O2/c25-24(26,27)19-14-17(32-10-12-35-13-11-32)6-7-20(19)30-23(34)18-15-28-33-9-8-21(31-22(18)33)29-16-4-2-1-3-5-16/h6-9,14-16H,1-5,10-13H2,(H,29,31)(H,30,34). The van der Waals surface area contributed by atoms with E-state index in [4.69, 9.17) is 4.74 Å². The van der Waals surface area contributed by atoms with E-state index in [1.807, 2.05) is 4.90 Å². The number of nitrogens with one attached hydrogen (secondary N) is 2. The van der Waals surface area contributed by atoms with E-state index < -0.39 is 17.6 Å². The van der Waals surface area contributed by atoms with Gasteiger partial charge in [-0.05, 0) is 37.1 Å². The summed E-state index contributed by atoms with van der Waals surface area (Å²) in [5.41, 5.74) is -0.395. The lowest BCUT2D eigenvalue weighted by molar-refractivity contribution is -0.136. The van der Waals surface area contributed by atoms with Gasteiger partial charge in [0.1, 0.15) is 11.4 Å². The van der Waals surface area contributed by atoms with Gasteiger partial charge in [-0.3, -0.25) is 4.79 Å². The van der Waals surface area contributed by atoms with Crippen LogP contribution in [0.3, 0.4) is 0 Å². The number of amides is 1. The Morgan fingerprint density at radius 1 is 1.09 bits per heavy atom. The van der Waals surface area contributed by atoms with Crippen molar-refractivity contribution in [1.29, 1.82) is 0 Å². The topological polar surface area (TPSA) is 83.8 Å². The lowest BCUT2D eigenvalue weighted by Gasteiger charge is -2.29. The minimum atomic E-state index is -4.64. The first-order valence-corrected chi connectivity index (χ1v) is 11.8. The van der Waals surface area contributed by atoms with Gasteiger partial charge in [0, 0.05) is 31.0 Å². The Morgan fingerprint density at radius 2 is 1.86 bits per heavy atom. The highest BCUT2D eigenvalue weighted by atomic mass is 19.4. The Hall–Kier alpha value is -3.34. The van der Waals surface area contributed by atoms with E-state index in [9.17, 15) is 18.0 Å². The molecule has 1 aromatic carbocycles. The summed E-state index contributed by atoms with van der Waals surface area (Å²) in [6.07, 6.45) is 4.02. The molecule has 5 rings (SSSR count). The van der Waals surface area contributed by atoms with Gasteiger partial charge in [-0.1, -0.05) is 19.3 Å². The van der Waals surface area contributed by atoms with Crippen LogP contribution < -0.4 is 15.5 Å². The number of morpholine rings is 1. The number of halogens is 3. The lowest BCUT2D eigenvalue weighted by Crippen LogP contribution is -2.36. The molecule has 186 valence electrons.